The quantitative estimate of drug-likeness (QED) is 0.449. The summed E-state index contributed by atoms with van der Waals surface area (Å²) in [5, 5.41) is 0. The fourth-order valence-electron chi connectivity index (χ4n) is 2.90. The van der Waals surface area contributed by atoms with Crippen molar-refractivity contribution < 1.29 is 23.0 Å². The molecule has 1 aromatic heterocycles. The Kier molecular flexibility index (Phi) is 7.70. The lowest BCUT2D eigenvalue weighted by molar-refractivity contribution is 0.0996. The van der Waals surface area contributed by atoms with Crippen molar-refractivity contribution >= 4 is 27.5 Å². The fourth-order valence-corrected chi connectivity index (χ4v) is 4.00. The molecule has 0 radical (unpaired) electrons. The summed E-state index contributed by atoms with van der Waals surface area (Å²) >= 11 is 1.07. The zero-order chi connectivity index (χ0) is 21.5. The molecule has 0 bridgehead atoms. The van der Waals surface area contributed by atoms with Gasteiger partial charge in [-0.05, 0) is 43.7 Å². The molecule has 30 heavy (non-hydrogen) atoms. The van der Waals surface area contributed by atoms with Gasteiger partial charge in [-0.3, -0.25) is 4.79 Å². The van der Waals surface area contributed by atoms with Gasteiger partial charge in [-0.15, -0.1) is 0 Å². The van der Waals surface area contributed by atoms with Gasteiger partial charge in [-0.1, -0.05) is 24.7 Å². The van der Waals surface area contributed by atoms with Crippen molar-refractivity contribution in [2.75, 3.05) is 19.8 Å². The maximum absolute atomic E-state index is 14.4. The number of aromatic nitrogens is 1. The predicted octanol–water partition coefficient (Wildman–Crippen LogP) is 4.94. The average Bonchev–Trinajstić information content (AvgIpc) is 3.06. The normalized spacial score (nSPS) is 11.9. The Labute approximate surface area is 177 Å². The first-order chi connectivity index (χ1) is 14.5. The molecule has 5 nitrogen and oxygen atoms in total. The van der Waals surface area contributed by atoms with E-state index in [4.69, 9.17) is 9.47 Å². The fraction of sp³-hybridized carbons (Fsp3) is 0.364. The van der Waals surface area contributed by atoms with Crippen LogP contribution < -0.4 is 9.54 Å². The summed E-state index contributed by atoms with van der Waals surface area (Å²) in [4.78, 5) is 17.2. The Bertz CT molecular complexity index is 1070. The Hall–Kier alpha value is -2.58. The lowest BCUT2D eigenvalue weighted by Crippen LogP contribution is -2.20. The van der Waals surface area contributed by atoms with E-state index in [0.29, 0.717) is 47.2 Å². The van der Waals surface area contributed by atoms with Gasteiger partial charge in [0.15, 0.2) is 10.6 Å². The Morgan fingerprint density at radius 1 is 1.13 bits per heavy atom. The zero-order valence-corrected chi connectivity index (χ0v) is 17.8. The van der Waals surface area contributed by atoms with Crippen molar-refractivity contribution in [1.29, 1.82) is 0 Å². The highest BCUT2D eigenvalue weighted by Gasteiger charge is 2.14. The highest BCUT2D eigenvalue weighted by atomic mass is 32.1. The molecule has 2 aromatic carbocycles. The van der Waals surface area contributed by atoms with E-state index in [1.807, 2.05) is 6.92 Å². The lowest BCUT2D eigenvalue weighted by Gasteiger charge is -2.06. The van der Waals surface area contributed by atoms with E-state index in [-0.39, 0.29) is 5.52 Å². The molecule has 1 amide bonds. The van der Waals surface area contributed by atoms with Crippen molar-refractivity contribution in [2.24, 2.45) is 4.99 Å². The maximum atomic E-state index is 14.4. The zero-order valence-electron chi connectivity index (χ0n) is 17.0. The molecule has 0 fully saturated rings. The van der Waals surface area contributed by atoms with Gasteiger partial charge >= 0.3 is 0 Å². The average molecular weight is 435 g/mol. The van der Waals surface area contributed by atoms with Gasteiger partial charge in [0.2, 0.25) is 0 Å². The van der Waals surface area contributed by atoms with Gasteiger partial charge in [-0.2, -0.15) is 4.99 Å². The third-order valence-electron chi connectivity index (χ3n) is 4.42. The van der Waals surface area contributed by atoms with Crippen LogP contribution in [0.25, 0.3) is 10.2 Å². The van der Waals surface area contributed by atoms with E-state index in [1.165, 1.54) is 6.07 Å². The van der Waals surface area contributed by atoms with Crippen LogP contribution in [-0.4, -0.2) is 30.3 Å². The Morgan fingerprint density at radius 2 is 1.90 bits per heavy atom. The lowest BCUT2D eigenvalue weighted by atomic mass is 10.2. The molecule has 8 heteroatoms. The number of amides is 1. The molecule has 3 rings (SSSR count). The molecule has 160 valence electrons. The number of fused-ring (bicyclic) bond motifs is 1. The number of carbonyl (C=O) groups is 1. The number of rotatable bonds is 9. The number of halogens is 2. The SMILES string of the molecule is CCCCOc1ccc(C(=O)N=c2sc3cc(F)cc(F)c3n2CCOCC)cc1. The van der Waals surface area contributed by atoms with E-state index < -0.39 is 17.5 Å². The van der Waals surface area contributed by atoms with Crippen molar-refractivity contribution in [3.8, 4) is 5.75 Å². The summed E-state index contributed by atoms with van der Waals surface area (Å²) in [6.07, 6.45) is 2.00. The van der Waals surface area contributed by atoms with Gasteiger partial charge < -0.3 is 14.0 Å². The number of unbranched alkanes of at least 4 members (excludes halogenated alkanes) is 1. The molecule has 0 spiro atoms. The summed E-state index contributed by atoms with van der Waals surface area (Å²) in [6.45, 7) is 5.70. The summed E-state index contributed by atoms with van der Waals surface area (Å²) < 4.78 is 41.0. The smallest absolute Gasteiger partial charge is 0.279 e. The van der Waals surface area contributed by atoms with Crippen LogP contribution in [0.5, 0.6) is 5.75 Å². The summed E-state index contributed by atoms with van der Waals surface area (Å²) in [5.74, 6) is -1.14. The van der Waals surface area contributed by atoms with Gasteiger partial charge in [0, 0.05) is 24.8 Å². The van der Waals surface area contributed by atoms with Crippen LogP contribution in [0.2, 0.25) is 0 Å². The van der Waals surface area contributed by atoms with E-state index in [9.17, 15) is 13.6 Å². The van der Waals surface area contributed by atoms with Gasteiger partial charge in [0.05, 0.1) is 23.4 Å². The highest BCUT2D eigenvalue weighted by molar-refractivity contribution is 7.16. The topological polar surface area (TPSA) is 52.8 Å². The number of carbonyl (C=O) groups excluding carboxylic acids is 1. The molecule has 3 aromatic rings. The Balaban J connectivity index is 1.93. The maximum Gasteiger partial charge on any atom is 0.279 e. The first kappa shape index (κ1) is 22.1. The molecule has 1 heterocycles. The van der Waals surface area contributed by atoms with Gasteiger partial charge in [0.1, 0.15) is 11.6 Å². The van der Waals surface area contributed by atoms with Crippen molar-refractivity contribution in [1.82, 2.24) is 4.57 Å². The number of ether oxygens (including phenoxy) is 2. The largest absolute Gasteiger partial charge is 0.494 e. The van der Waals surface area contributed by atoms with E-state index in [1.54, 1.807) is 28.8 Å². The highest BCUT2D eigenvalue weighted by Crippen LogP contribution is 2.22. The second-order valence-electron chi connectivity index (χ2n) is 6.61. The number of nitrogens with zero attached hydrogens (tertiary/aromatic N) is 2. The number of hydrogen-bond donors (Lipinski definition) is 0. The minimum atomic E-state index is -0.694. The van der Waals surface area contributed by atoms with Crippen molar-refractivity contribution in [2.45, 2.75) is 33.2 Å². The monoisotopic (exact) mass is 434 g/mol. The van der Waals surface area contributed by atoms with Crippen LogP contribution in [0.1, 0.15) is 37.0 Å². The molecule has 0 saturated heterocycles. The molecular formula is C22H24F2N2O3S. The number of hydrogen-bond acceptors (Lipinski definition) is 4. The molecular weight excluding hydrogens is 410 g/mol. The van der Waals surface area contributed by atoms with E-state index >= 15 is 0 Å². The molecule has 0 atom stereocenters. The van der Waals surface area contributed by atoms with Crippen LogP contribution in [-0.2, 0) is 11.3 Å². The minimum absolute atomic E-state index is 0.215. The second-order valence-corrected chi connectivity index (χ2v) is 7.62. The molecule has 0 saturated carbocycles. The third kappa shape index (κ3) is 5.31. The van der Waals surface area contributed by atoms with Crippen LogP contribution in [0, 0.1) is 11.6 Å². The summed E-state index contributed by atoms with van der Waals surface area (Å²) in [5.41, 5.74) is 0.602. The number of thiazole rings is 1. The van der Waals surface area contributed by atoms with Crippen LogP contribution in [0.15, 0.2) is 41.4 Å². The van der Waals surface area contributed by atoms with Crippen molar-refractivity contribution in [3.05, 3.63) is 58.4 Å². The van der Waals surface area contributed by atoms with Crippen LogP contribution >= 0.6 is 11.3 Å². The summed E-state index contributed by atoms with van der Waals surface area (Å²) in [7, 11) is 0. The second kappa shape index (κ2) is 10.4. The van der Waals surface area contributed by atoms with Crippen LogP contribution in [0.3, 0.4) is 0 Å². The van der Waals surface area contributed by atoms with Crippen LogP contribution in [0.4, 0.5) is 8.78 Å². The predicted molar refractivity (Wildman–Crippen MR) is 113 cm³/mol. The minimum Gasteiger partial charge on any atom is -0.494 e. The molecule has 0 aliphatic heterocycles. The Morgan fingerprint density at radius 3 is 2.60 bits per heavy atom. The molecule has 0 unspecified atom stereocenters. The molecule has 0 N–H and O–H groups in total. The van der Waals surface area contributed by atoms with Gasteiger partial charge in [-0.25, -0.2) is 8.78 Å². The molecule has 0 aliphatic rings. The first-order valence-electron chi connectivity index (χ1n) is 9.91. The van der Waals surface area contributed by atoms with E-state index in [2.05, 4.69) is 11.9 Å². The number of benzene rings is 2. The molecule has 0 aliphatic carbocycles. The van der Waals surface area contributed by atoms with E-state index in [0.717, 1.165) is 30.2 Å². The van der Waals surface area contributed by atoms with Gasteiger partial charge in [0.25, 0.3) is 5.91 Å². The third-order valence-corrected chi connectivity index (χ3v) is 5.45. The van der Waals surface area contributed by atoms with Crippen molar-refractivity contribution in [3.63, 3.8) is 0 Å². The standard InChI is InChI=1S/C22H24F2N2O3S/c1-3-5-11-29-17-8-6-15(7-9-17)21(27)25-22-26(10-12-28-4-2)20-18(24)13-16(23)14-19(20)30-22/h6-9,13-14H,3-5,10-12H2,1-2H3. The first-order valence-corrected chi connectivity index (χ1v) is 10.7. The summed E-state index contributed by atoms with van der Waals surface area (Å²) in [6, 6.07) is 8.81.